The van der Waals surface area contributed by atoms with Gasteiger partial charge in [0.05, 0.1) is 0 Å². The zero-order valence-corrected chi connectivity index (χ0v) is 7.31. The fourth-order valence-electron chi connectivity index (χ4n) is 1.47. The fourth-order valence-corrected chi connectivity index (χ4v) is 1.47. The number of azo groups is 1. The van der Waals surface area contributed by atoms with E-state index in [9.17, 15) is 9.18 Å². The van der Waals surface area contributed by atoms with E-state index < -0.39 is 11.7 Å². The molecule has 0 radical (unpaired) electrons. The Bertz CT molecular complexity index is 623. The molecule has 1 aliphatic heterocycles. The molecule has 0 saturated heterocycles. The maximum Gasteiger partial charge on any atom is 0.318 e. The molecule has 0 N–H and O–H groups in total. The standard InChI is InChI=1S/C9H3FN4O/c10-5-3-1-2-4-6(5)11-13-8-7(4)12-14-9(8)15/h1-3H. The van der Waals surface area contributed by atoms with Crippen LogP contribution < -0.4 is 0 Å². The first-order valence-corrected chi connectivity index (χ1v) is 4.18. The lowest BCUT2D eigenvalue weighted by Gasteiger charge is -1.99. The molecule has 0 bridgehead atoms. The molecule has 0 saturated carbocycles. The van der Waals surface area contributed by atoms with E-state index in [1.54, 1.807) is 6.07 Å². The van der Waals surface area contributed by atoms with E-state index in [1.165, 1.54) is 12.1 Å². The average Bonchev–Trinajstić information content (AvgIpc) is 2.61. The first-order valence-electron chi connectivity index (χ1n) is 4.18. The number of halogens is 1. The summed E-state index contributed by atoms with van der Waals surface area (Å²) in [5, 5.41) is 14.7. The van der Waals surface area contributed by atoms with E-state index in [2.05, 4.69) is 20.4 Å². The predicted molar refractivity (Wildman–Crippen MR) is 48.3 cm³/mol. The second-order valence-electron chi connectivity index (χ2n) is 3.04. The summed E-state index contributed by atoms with van der Waals surface area (Å²) in [7, 11) is 0. The third-order valence-electron chi connectivity index (χ3n) is 2.16. The minimum absolute atomic E-state index is 0.0769. The zero-order valence-electron chi connectivity index (χ0n) is 7.31. The molecule has 0 atom stereocenters. The van der Waals surface area contributed by atoms with Crippen LogP contribution in [0.4, 0.5) is 10.1 Å². The predicted octanol–water partition coefficient (Wildman–Crippen LogP) is 2.01. The fraction of sp³-hybridized carbons (Fsp3) is 0. The molecule has 1 aromatic carbocycles. The van der Waals surface area contributed by atoms with Crippen LogP contribution in [0.1, 0.15) is 10.5 Å². The SMILES string of the molecule is O=C1N=Nc2c1nnc1c(F)cccc21. The average molecular weight is 202 g/mol. The van der Waals surface area contributed by atoms with Crippen molar-refractivity contribution in [3.63, 3.8) is 0 Å². The Hall–Kier alpha value is -2.24. The van der Waals surface area contributed by atoms with Crippen molar-refractivity contribution < 1.29 is 9.18 Å². The van der Waals surface area contributed by atoms with E-state index in [-0.39, 0.29) is 11.2 Å². The topological polar surface area (TPSA) is 67.6 Å². The second kappa shape index (κ2) is 2.63. The van der Waals surface area contributed by atoms with Gasteiger partial charge in [-0.3, -0.25) is 4.79 Å². The number of carbonyl (C=O) groups excluding carboxylic acids is 1. The van der Waals surface area contributed by atoms with Gasteiger partial charge in [-0.05, 0) is 6.07 Å². The van der Waals surface area contributed by atoms with Gasteiger partial charge in [0.1, 0.15) is 11.2 Å². The Morgan fingerprint density at radius 2 is 2.00 bits per heavy atom. The molecule has 0 unspecified atom stereocenters. The molecule has 0 spiro atoms. The smallest absolute Gasteiger partial charge is 0.263 e. The highest BCUT2D eigenvalue weighted by Crippen LogP contribution is 2.32. The number of benzene rings is 1. The second-order valence-corrected chi connectivity index (χ2v) is 3.04. The monoisotopic (exact) mass is 202 g/mol. The lowest BCUT2D eigenvalue weighted by atomic mass is 10.1. The molecule has 6 heteroatoms. The van der Waals surface area contributed by atoms with Crippen LogP contribution in [0.2, 0.25) is 0 Å². The summed E-state index contributed by atoms with van der Waals surface area (Å²) in [6.45, 7) is 0. The highest BCUT2D eigenvalue weighted by Gasteiger charge is 2.23. The van der Waals surface area contributed by atoms with Gasteiger partial charge < -0.3 is 0 Å². The first-order chi connectivity index (χ1) is 7.27. The third kappa shape index (κ3) is 0.983. The Morgan fingerprint density at radius 3 is 2.87 bits per heavy atom. The number of rotatable bonds is 0. The minimum atomic E-state index is -0.538. The molecule has 0 aliphatic carbocycles. The summed E-state index contributed by atoms with van der Waals surface area (Å²) in [5.41, 5.74) is 0.475. The van der Waals surface area contributed by atoms with Crippen molar-refractivity contribution in [1.29, 1.82) is 0 Å². The van der Waals surface area contributed by atoms with Crippen molar-refractivity contribution in [3.05, 3.63) is 29.7 Å². The van der Waals surface area contributed by atoms with Gasteiger partial charge in [-0.25, -0.2) is 4.39 Å². The van der Waals surface area contributed by atoms with Gasteiger partial charge in [-0.15, -0.1) is 20.4 Å². The quantitative estimate of drug-likeness (QED) is 0.656. The Kier molecular flexibility index (Phi) is 1.42. The lowest BCUT2D eigenvalue weighted by molar-refractivity contribution is 0.0997. The number of hydrogen-bond acceptors (Lipinski definition) is 4. The van der Waals surface area contributed by atoms with Gasteiger partial charge >= 0.3 is 5.91 Å². The van der Waals surface area contributed by atoms with Crippen LogP contribution in [0, 0.1) is 5.82 Å². The number of carbonyl (C=O) groups is 1. The molecule has 3 rings (SSSR count). The van der Waals surface area contributed by atoms with Crippen molar-refractivity contribution in [2.45, 2.75) is 0 Å². The molecule has 15 heavy (non-hydrogen) atoms. The van der Waals surface area contributed by atoms with Crippen LogP contribution in [-0.4, -0.2) is 16.1 Å². The number of nitrogens with zero attached hydrogens (tertiary/aromatic N) is 4. The number of amides is 1. The highest BCUT2D eigenvalue weighted by atomic mass is 19.1. The normalized spacial score (nSPS) is 13.5. The molecular weight excluding hydrogens is 199 g/mol. The molecular formula is C9H3FN4O. The van der Waals surface area contributed by atoms with Crippen molar-refractivity contribution in [2.75, 3.05) is 0 Å². The summed E-state index contributed by atoms with van der Waals surface area (Å²) >= 11 is 0. The highest BCUT2D eigenvalue weighted by molar-refractivity contribution is 6.06. The van der Waals surface area contributed by atoms with Crippen LogP contribution in [0.15, 0.2) is 28.4 Å². The molecule has 2 aromatic rings. The van der Waals surface area contributed by atoms with E-state index in [1.807, 2.05) is 0 Å². The van der Waals surface area contributed by atoms with Crippen molar-refractivity contribution in [3.8, 4) is 0 Å². The molecule has 2 heterocycles. The van der Waals surface area contributed by atoms with Crippen LogP contribution in [-0.2, 0) is 0 Å². The van der Waals surface area contributed by atoms with Gasteiger partial charge in [-0.2, -0.15) is 0 Å². The third-order valence-corrected chi connectivity index (χ3v) is 2.16. The van der Waals surface area contributed by atoms with Crippen molar-refractivity contribution >= 4 is 22.5 Å². The van der Waals surface area contributed by atoms with Gasteiger partial charge in [0.25, 0.3) is 0 Å². The van der Waals surface area contributed by atoms with Crippen molar-refractivity contribution in [2.24, 2.45) is 10.2 Å². The van der Waals surface area contributed by atoms with E-state index in [0.29, 0.717) is 11.1 Å². The van der Waals surface area contributed by atoms with Gasteiger partial charge in [-0.1, -0.05) is 12.1 Å². The summed E-state index contributed by atoms with van der Waals surface area (Å²) < 4.78 is 13.3. The molecule has 0 fully saturated rings. The number of aromatic nitrogens is 2. The van der Waals surface area contributed by atoms with Crippen LogP contribution in [0.5, 0.6) is 0 Å². The Balaban J connectivity index is 2.50. The zero-order chi connectivity index (χ0) is 10.4. The molecule has 1 amide bonds. The van der Waals surface area contributed by atoms with Crippen LogP contribution >= 0.6 is 0 Å². The van der Waals surface area contributed by atoms with E-state index in [4.69, 9.17) is 0 Å². The molecule has 1 aliphatic rings. The largest absolute Gasteiger partial charge is 0.318 e. The minimum Gasteiger partial charge on any atom is -0.263 e. The summed E-state index contributed by atoms with van der Waals surface area (Å²) in [5.74, 6) is -1.03. The Morgan fingerprint density at radius 1 is 1.13 bits per heavy atom. The Labute approximate surface area is 82.7 Å². The van der Waals surface area contributed by atoms with Crippen LogP contribution in [0.3, 0.4) is 0 Å². The molecule has 1 aromatic heterocycles. The number of fused-ring (bicyclic) bond motifs is 3. The summed E-state index contributed by atoms with van der Waals surface area (Å²) in [4.78, 5) is 11.1. The van der Waals surface area contributed by atoms with Gasteiger partial charge in [0, 0.05) is 5.39 Å². The maximum atomic E-state index is 13.3. The van der Waals surface area contributed by atoms with E-state index in [0.717, 1.165) is 0 Å². The first kappa shape index (κ1) is 8.10. The van der Waals surface area contributed by atoms with Gasteiger partial charge in [0.2, 0.25) is 0 Å². The molecule has 72 valence electrons. The summed E-state index contributed by atoms with van der Waals surface area (Å²) in [6, 6.07) is 4.43. The summed E-state index contributed by atoms with van der Waals surface area (Å²) in [6.07, 6.45) is 0. The maximum absolute atomic E-state index is 13.3. The molecule has 5 nitrogen and oxygen atoms in total. The van der Waals surface area contributed by atoms with Crippen LogP contribution in [0.25, 0.3) is 10.9 Å². The number of hydrogen-bond donors (Lipinski definition) is 0. The van der Waals surface area contributed by atoms with Gasteiger partial charge in [0.15, 0.2) is 11.5 Å². The van der Waals surface area contributed by atoms with Crippen molar-refractivity contribution in [1.82, 2.24) is 10.2 Å². The van der Waals surface area contributed by atoms with E-state index >= 15 is 0 Å². The lowest BCUT2D eigenvalue weighted by Crippen LogP contribution is -1.98.